The zero-order chi connectivity index (χ0) is 22.0. The SMILES string of the molecule is C=CC1COC(c2ccc(-c3ccc(-c4ccc(CC)c(F)c4F)cc3)c(F)c2)OC1. The highest BCUT2D eigenvalue weighted by molar-refractivity contribution is 5.71. The van der Waals surface area contributed by atoms with Gasteiger partial charge in [-0.1, -0.05) is 61.5 Å². The Morgan fingerprint density at radius 3 is 2.06 bits per heavy atom. The molecule has 160 valence electrons. The molecule has 0 N–H and O–H groups in total. The van der Waals surface area contributed by atoms with Gasteiger partial charge in [0.05, 0.1) is 13.2 Å². The summed E-state index contributed by atoms with van der Waals surface area (Å²) in [5.74, 6) is -1.96. The van der Waals surface area contributed by atoms with Crippen molar-refractivity contribution in [3.63, 3.8) is 0 Å². The molecule has 0 unspecified atom stereocenters. The number of ether oxygens (including phenoxy) is 2. The fourth-order valence-corrected chi connectivity index (χ4v) is 3.67. The number of hydrogen-bond donors (Lipinski definition) is 0. The van der Waals surface area contributed by atoms with Crippen LogP contribution < -0.4 is 0 Å². The van der Waals surface area contributed by atoms with Crippen LogP contribution in [-0.2, 0) is 15.9 Å². The minimum Gasteiger partial charge on any atom is -0.348 e. The molecule has 0 saturated carbocycles. The molecule has 1 aliphatic heterocycles. The Morgan fingerprint density at radius 2 is 1.48 bits per heavy atom. The number of hydrogen-bond acceptors (Lipinski definition) is 2. The van der Waals surface area contributed by atoms with E-state index in [0.717, 1.165) is 0 Å². The topological polar surface area (TPSA) is 18.5 Å². The van der Waals surface area contributed by atoms with Crippen LogP contribution in [0, 0.1) is 23.4 Å². The van der Waals surface area contributed by atoms with Crippen LogP contribution in [0.25, 0.3) is 22.3 Å². The van der Waals surface area contributed by atoms with Crippen LogP contribution in [0.4, 0.5) is 13.2 Å². The van der Waals surface area contributed by atoms with Crippen molar-refractivity contribution in [2.24, 2.45) is 5.92 Å². The van der Waals surface area contributed by atoms with E-state index in [9.17, 15) is 13.2 Å². The van der Waals surface area contributed by atoms with Gasteiger partial charge < -0.3 is 9.47 Å². The van der Waals surface area contributed by atoms with E-state index >= 15 is 0 Å². The average Bonchev–Trinajstić information content (AvgIpc) is 2.81. The van der Waals surface area contributed by atoms with E-state index in [1.165, 1.54) is 6.07 Å². The molecule has 0 atom stereocenters. The van der Waals surface area contributed by atoms with Crippen molar-refractivity contribution < 1.29 is 22.6 Å². The van der Waals surface area contributed by atoms with Gasteiger partial charge in [-0.05, 0) is 29.2 Å². The van der Waals surface area contributed by atoms with E-state index < -0.39 is 23.7 Å². The predicted molar refractivity (Wildman–Crippen MR) is 115 cm³/mol. The van der Waals surface area contributed by atoms with Crippen LogP contribution in [0.5, 0.6) is 0 Å². The average molecular weight is 424 g/mol. The highest BCUT2D eigenvalue weighted by atomic mass is 19.2. The first-order chi connectivity index (χ1) is 15.0. The first-order valence-corrected chi connectivity index (χ1v) is 10.2. The summed E-state index contributed by atoms with van der Waals surface area (Å²) in [5, 5.41) is 0. The summed E-state index contributed by atoms with van der Waals surface area (Å²) in [6, 6.07) is 14.7. The van der Waals surface area contributed by atoms with Gasteiger partial charge in [-0.3, -0.25) is 0 Å². The smallest absolute Gasteiger partial charge is 0.183 e. The van der Waals surface area contributed by atoms with Crippen molar-refractivity contribution in [1.29, 1.82) is 0 Å². The van der Waals surface area contributed by atoms with Crippen LogP contribution >= 0.6 is 0 Å². The fourth-order valence-electron chi connectivity index (χ4n) is 3.67. The Labute approximate surface area is 179 Å². The Bertz CT molecular complexity index is 1080. The molecule has 1 fully saturated rings. The van der Waals surface area contributed by atoms with Crippen molar-refractivity contribution in [3.05, 3.63) is 95.8 Å². The van der Waals surface area contributed by atoms with E-state index in [-0.39, 0.29) is 11.5 Å². The standard InChI is InChI=1S/C26H23F3O2/c1-3-16-14-30-26(31-15-16)20-10-11-21(23(27)13-20)18-5-7-19(8-6-18)22-12-9-17(4-2)24(28)25(22)29/h3,5-13,16,26H,1,4,14-15H2,2H3. The number of rotatable bonds is 5. The number of halogens is 3. The maximum absolute atomic E-state index is 14.8. The summed E-state index contributed by atoms with van der Waals surface area (Å²) in [5.41, 5.74) is 2.70. The number of benzene rings is 3. The molecule has 0 bridgehead atoms. The van der Waals surface area contributed by atoms with Crippen LogP contribution in [0.15, 0.2) is 67.3 Å². The molecular formula is C26H23F3O2. The second-order valence-electron chi connectivity index (χ2n) is 7.56. The Morgan fingerprint density at radius 1 is 0.871 bits per heavy atom. The summed E-state index contributed by atoms with van der Waals surface area (Å²) in [4.78, 5) is 0. The third-order valence-corrected chi connectivity index (χ3v) is 5.57. The van der Waals surface area contributed by atoms with Gasteiger partial charge in [0.2, 0.25) is 0 Å². The molecular weight excluding hydrogens is 401 g/mol. The minimum atomic E-state index is -0.867. The summed E-state index contributed by atoms with van der Waals surface area (Å²) in [6.07, 6.45) is 1.59. The van der Waals surface area contributed by atoms with Gasteiger partial charge in [-0.15, -0.1) is 6.58 Å². The normalized spacial score (nSPS) is 18.7. The maximum Gasteiger partial charge on any atom is 0.183 e. The second-order valence-corrected chi connectivity index (χ2v) is 7.56. The van der Waals surface area contributed by atoms with E-state index in [2.05, 4.69) is 6.58 Å². The highest BCUT2D eigenvalue weighted by Gasteiger charge is 2.23. The lowest BCUT2D eigenvalue weighted by atomic mass is 9.97. The summed E-state index contributed by atoms with van der Waals surface area (Å²) >= 11 is 0. The molecule has 1 heterocycles. The van der Waals surface area contributed by atoms with Gasteiger partial charge in [-0.2, -0.15) is 0 Å². The first-order valence-electron chi connectivity index (χ1n) is 10.2. The van der Waals surface area contributed by atoms with Gasteiger partial charge in [0.25, 0.3) is 0 Å². The molecule has 0 radical (unpaired) electrons. The van der Waals surface area contributed by atoms with Crippen molar-refractivity contribution in [2.75, 3.05) is 13.2 Å². The lowest BCUT2D eigenvalue weighted by Gasteiger charge is -2.28. The largest absolute Gasteiger partial charge is 0.348 e. The molecule has 0 aliphatic carbocycles. The zero-order valence-corrected chi connectivity index (χ0v) is 17.2. The van der Waals surface area contributed by atoms with Gasteiger partial charge in [0, 0.05) is 22.6 Å². The molecule has 0 amide bonds. The first kappa shape index (κ1) is 21.3. The molecule has 3 aromatic rings. The molecule has 2 nitrogen and oxygen atoms in total. The van der Waals surface area contributed by atoms with Gasteiger partial charge in [0.1, 0.15) is 5.82 Å². The quantitative estimate of drug-likeness (QED) is 0.417. The van der Waals surface area contributed by atoms with E-state index in [1.54, 1.807) is 61.5 Å². The third kappa shape index (κ3) is 4.29. The Balaban J connectivity index is 1.56. The summed E-state index contributed by atoms with van der Waals surface area (Å²) in [7, 11) is 0. The highest BCUT2D eigenvalue weighted by Crippen LogP contribution is 2.32. The monoisotopic (exact) mass is 424 g/mol. The zero-order valence-electron chi connectivity index (χ0n) is 17.2. The fraction of sp³-hybridized carbons (Fsp3) is 0.231. The molecule has 3 aromatic carbocycles. The van der Waals surface area contributed by atoms with Crippen LogP contribution in [0.3, 0.4) is 0 Å². The lowest BCUT2D eigenvalue weighted by Crippen LogP contribution is -2.25. The third-order valence-electron chi connectivity index (χ3n) is 5.57. The van der Waals surface area contributed by atoms with Gasteiger partial charge in [0.15, 0.2) is 17.9 Å². The molecule has 0 spiro atoms. The van der Waals surface area contributed by atoms with Crippen molar-refractivity contribution in [3.8, 4) is 22.3 Å². The van der Waals surface area contributed by atoms with E-state index in [1.807, 2.05) is 0 Å². The van der Waals surface area contributed by atoms with Crippen LogP contribution in [-0.4, -0.2) is 13.2 Å². The van der Waals surface area contributed by atoms with Gasteiger partial charge in [-0.25, -0.2) is 13.2 Å². The summed E-state index contributed by atoms with van der Waals surface area (Å²) in [6.45, 7) is 6.46. The Kier molecular flexibility index (Phi) is 6.25. The predicted octanol–water partition coefficient (Wildman–Crippen LogP) is 6.85. The maximum atomic E-state index is 14.8. The van der Waals surface area contributed by atoms with Crippen molar-refractivity contribution >= 4 is 0 Å². The lowest BCUT2D eigenvalue weighted by molar-refractivity contribution is -0.197. The van der Waals surface area contributed by atoms with Crippen molar-refractivity contribution in [1.82, 2.24) is 0 Å². The molecule has 1 saturated heterocycles. The number of aryl methyl sites for hydroxylation is 1. The van der Waals surface area contributed by atoms with E-state index in [0.29, 0.717) is 47.5 Å². The Hall–Kier alpha value is -2.89. The van der Waals surface area contributed by atoms with Gasteiger partial charge >= 0.3 is 0 Å². The van der Waals surface area contributed by atoms with Crippen LogP contribution in [0.2, 0.25) is 0 Å². The summed E-state index contributed by atoms with van der Waals surface area (Å²) < 4.78 is 54.7. The molecule has 31 heavy (non-hydrogen) atoms. The van der Waals surface area contributed by atoms with Crippen molar-refractivity contribution in [2.45, 2.75) is 19.6 Å². The van der Waals surface area contributed by atoms with Crippen LogP contribution in [0.1, 0.15) is 24.3 Å². The molecule has 4 rings (SSSR count). The second kappa shape index (κ2) is 9.08. The molecule has 0 aromatic heterocycles. The minimum absolute atomic E-state index is 0.135. The van der Waals surface area contributed by atoms with E-state index in [4.69, 9.17) is 9.47 Å². The molecule has 5 heteroatoms. The molecule has 1 aliphatic rings.